The summed E-state index contributed by atoms with van der Waals surface area (Å²) in [5.41, 5.74) is 0.403. The minimum Gasteiger partial charge on any atom is -0.381 e. The zero-order valence-electron chi connectivity index (χ0n) is 9.63. The van der Waals surface area contributed by atoms with Crippen LogP contribution in [0.3, 0.4) is 0 Å². The number of alkyl halides is 3. The summed E-state index contributed by atoms with van der Waals surface area (Å²) in [7, 11) is 1.68. The molecule has 94 valence electrons. The minimum atomic E-state index is -4.25. The highest BCUT2D eigenvalue weighted by Crippen LogP contribution is 2.37. The third-order valence-electron chi connectivity index (χ3n) is 3.43. The average molecular weight is 244 g/mol. The van der Waals surface area contributed by atoms with Crippen LogP contribution in [0.5, 0.6) is 0 Å². The second-order valence-corrected chi connectivity index (χ2v) is 4.49. The number of hydrogen-bond acceptors (Lipinski definition) is 1. The van der Waals surface area contributed by atoms with Crippen molar-refractivity contribution in [1.82, 2.24) is 0 Å². The van der Waals surface area contributed by atoms with E-state index in [1.54, 1.807) is 19.2 Å². The highest BCUT2D eigenvalue weighted by atomic mass is 19.4. The quantitative estimate of drug-likeness (QED) is 0.764. The summed E-state index contributed by atoms with van der Waals surface area (Å²) in [4.78, 5) is 0. The van der Waals surface area contributed by atoms with Crippen molar-refractivity contribution in [3.05, 3.63) is 35.4 Å². The maximum Gasteiger partial charge on any atom is 0.416 e. The van der Waals surface area contributed by atoms with Gasteiger partial charge in [-0.2, -0.15) is 13.2 Å². The van der Waals surface area contributed by atoms with E-state index in [1.807, 2.05) is 0 Å². The van der Waals surface area contributed by atoms with Gasteiger partial charge < -0.3 is 4.74 Å². The molecular weight excluding hydrogens is 229 g/mol. The summed E-state index contributed by atoms with van der Waals surface area (Å²) in [6.07, 6.45) is -1.11. The molecule has 2 rings (SSSR count). The van der Waals surface area contributed by atoms with Crippen LogP contribution in [-0.2, 0) is 10.9 Å². The molecule has 1 saturated carbocycles. The van der Waals surface area contributed by atoms with Gasteiger partial charge in [0.05, 0.1) is 11.7 Å². The van der Waals surface area contributed by atoms with Crippen LogP contribution in [0, 0.1) is 0 Å². The molecule has 17 heavy (non-hydrogen) atoms. The van der Waals surface area contributed by atoms with Gasteiger partial charge in [-0.05, 0) is 42.9 Å². The topological polar surface area (TPSA) is 9.23 Å². The van der Waals surface area contributed by atoms with Crippen molar-refractivity contribution >= 4 is 0 Å². The molecular formula is C13H15F3O. The maximum absolute atomic E-state index is 12.4. The van der Waals surface area contributed by atoms with E-state index in [4.69, 9.17) is 4.74 Å². The molecule has 2 unspecified atom stereocenters. The van der Waals surface area contributed by atoms with Crippen molar-refractivity contribution in [3.63, 3.8) is 0 Å². The van der Waals surface area contributed by atoms with Crippen molar-refractivity contribution in [1.29, 1.82) is 0 Å². The van der Waals surface area contributed by atoms with Crippen molar-refractivity contribution in [3.8, 4) is 0 Å². The first kappa shape index (κ1) is 12.4. The molecule has 0 radical (unpaired) electrons. The van der Waals surface area contributed by atoms with Gasteiger partial charge in [-0.25, -0.2) is 0 Å². The maximum atomic E-state index is 12.4. The molecule has 0 aliphatic heterocycles. The molecule has 0 saturated heterocycles. The Hall–Kier alpha value is -1.03. The molecule has 1 aliphatic carbocycles. The van der Waals surface area contributed by atoms with Crippen LogP contribution in [0.2, 0.25) is 0 Å². The lowest BCUT2D eigenvalue weighted by atomic mass is 9.96. The Balaban J connectivity index is 2.09. The average Bonchev–Trinajstić information content (AvgIpc) is 2.76. The summed E-state index contributed by atoms with van der Waals surface area (Å²) >= 11 is 0. The summed E-state index contributed by atoms with van der Waals surface area (Å²) in [5.74, 6) is 0.335. The van der Waals surface area contributed by atoms with Crippen LogP contribution in [-0.4, -0.2) is 13.2 Å². The van der Waals surface area contributed by atoms with E-state index in [9.17, 15) is 13.2 Å². The Morgan fingerprint density at radius 1 is 1.12 bits per heavy atom. The second-order valence-electron chi connectivity index (χ2n) is 4.49. The fraction of sp³-hybridized carbons (Fsp3) is 0.538. The van der Waals surface area contributed by atoms with Crippen LogP contribution < -0.4 is 0 Å². The molecule has 2 atom stereocenters. The fourth-order valence-electron chi connectivity index (χ4n) is 2.40. The molecule has 0 heterocycles. The van der Waals surface area contributed by atoms with E-state index in [0.717, 1.165) is 37.0 Å². The molecule has 1 aromatic rings. The Morgan fingerprint density at radius 3 is 2.24 bits per heavy atom. The summed E-state index contributed by atoms with van der Waals surface area (Å²) in [6, 6.07) is 5.50. The number of benzene rings is 1. The molecule has 0 amide bonds. The number of halogens is 3. The predicted molar refractivity (Wildman–Crippen MR) is 58.8 cm³/mol. The highest BCUT2D eigenvalue weighted by molar-refractivity contribution is 5.27. The zero-order valence-corrected chi connectivity index (χ0v) is 9.63. The number of hydrogen-bond donors (Lipinski definition) is 0. The summed E-state index contributed by atoms with van der Waals surface area (Å²) < 4.78 is 42.4. The van der Waals surface area contributed by atoms with Crippen LogP contribution in [0.25, 0.3) is 0 Å². The minimum absolute atomic E-state index is 0.252. The first-order chi connectivity index (χ1) is 8.00. The molecule has 0 aromatic heterocycles. The first-order valence-electron chi connectivity index (χ1n) is 5.70. The predicted octanol–water partition coefficient (Wildman–Crippen LogP) is 3.99. The normalized spacial score (nSPS) is 25.2. The summed E-state index contributed by atoms with van der Waals surface area (Å²) in [5, 5.41) is 0. The third-order valence-corrected chi connectivity index (χ3v) is 3.43. The monoisotopic (exact) mass is 244 g/mol. The van der Waals surface area contributed by atoms with Gasteiger partial charge in [-0.1, -0.05) is 12.1 Å². The second kappa shape index (κ2) is 4.69. The number of methoxy groups -OCH3 is 1. The van der Waals surface area contributed by atoms with E-state index in [0.29, 0.717) is 5.92 Å². The van der Waals surface area contributed by atoms with Crippen molar-refractivity contribution in [2.45, 2.75) is 37.5 Å². The molecule has 1 fully saturated rings. The highest BCUT2D eigenvalue weighted by Gasteiger charge is 2.31. The molecule has 1 aliphatic rings. The van der Waals surface area contributed by atoms with Gasteiger partial charge in [0, 0.05) is 7.11 Å². The first-order valence-corrected chi connectivity index (χ1v) is 5.70. The van der Waals surface area contributed by atoms with Crippen LogP contribution in [0.15, 0.2) is 24.3 Å². The van der Waals surface area contributed by atoms with Gasteiger partial charge in [0.2, 0.25) is 0 Å². The zero-order chi connectivity index (χ0) is 12.5. The van der Waals surface area contributed by atoms with Crippen LogP contribution >= 0.6 is 0 Å². The van der Waals surface area contributed by atoms with E-state index in [1.165, 1.54) is 0 Å². The molecule has 1 aromatic carbocycles. The van der Waals surface area contributed by atoms with Crippen molar-refractivity contribution in [2.75, 3.05) is 7.11 Å². The SMILES string of the molecule is COC1CCC(c2ccc(C(F)(F)F)cc2)C1. The molecule has 0 bridgehead atoms. The summed E-state index contributed by atoms with van der Waals surface area (Å²) in [6.45, 7) is 0. The Labute approximate surface area is 98.6 Å². The standard InChI is InChI=1S/C13H15F3O/c1-17-12-7-4-10(8-12)9-2-5-11(6-3-9)13(14,15)16/h2-3,5-6,10,12H,4,7-8H2,1H3. The van der Waals surface area contributed by atoms with E-state index >= 15 is 0 Å². The Morgan fingerprint density at radius 2 is 1.76 bits per heavy atom. The van der Waals surface area contributed by atoms with Gasteiger partial charge in [-0.15, -0.1) is 0 Å². The lowest BCUT2D eigenvalue weighted by Crippen LogP contribution is -2.06. The van der Waals surface area contributed by atoms with Crippen LogP contribution in [0.1, 0.15) is 36.3 Å². The number of ether oxygens (including phenoxy) is 1. The Bertz CT molecular complexity index is 369. The third kappa shape index (κ3) is 2.80. The largest absolute Gasteiger partial charge is 0.416 e. The van der Waals surface area contributed by atoms with Gasteiger partial charge >= 0.3 is 6.18 Å². The van der Waals surface area contributed by atoms with Crippen molar-refractivity contribution < 1.29 is 17.9 Å². The van der Waals surface area contributed by atoms with E-state index < -0.39 is 11.7 Å². The molecule has 0 spiro atoms. The van der Waals surface area contributed by atoms with Gasteiger partial charge in [0.25, 0.3) is 0 Å². The van der Waals surface area contributed by atoms with Crippen LogP contribution in [0.4, 0.5) is 13.2 Å². The van der Waals surface area contributed by atoms with Gasteiger partial charge in [-0.3, -0.25) is 0 Å². The molecule has 1 nitrogen and oxygen atoms in total. The van der Waals surface area contributed by atoms with Crippen molar-refractivity contribution in [2.24, 2.45) is 0 Å². The fourth-order valence-corrected chi connectivity index (χ4v) is 2.40. The van der Waals surface area contributed by atoms with E-state index in [-0.39, 0.29) is 6.10 Å². The lowest BCUT2D eigenvalue weighted by molar-refractivity contribution is -0.137. The van der Waals surface area contributed by atoms with Gasteiger partial charge in [0.1, 0.15) is 0 Å². The molecule has 0 N–H and O–H groups in total. The lowest BCUT2D eigenvalue weighted by Gasteiger charge is -2.12. The van der Waals surface area contributed by atoms with E-state index in [2.05, 4.69) is 0 Å². The Kier molecular flexibility index (Phi) is 3.43. The number of rotatable bonds is 2. The smallest absolute Gasteiger partial charge is 0.381 e. The molecule has 4 heteroatoms. The van der Waals surface area contributed by atoms with Gasteiger partial charge in [0.15, 0.2) is 0 Å².